The van der Waals surface area contributed by atoms with Gasteiger partial charge in [-0.05, 0) is 57.5 Å². The number of benzene rings is 1. The Hall–Kier alpha value is -1.10. The quantitative estimate of drug-likeness (QED) is 0.590. The molecule has 0 amide bonds. The van der Waals surface area contributed by atoms with Crippen LogP contribution in [-0.4, -0.2) is 49.3 Å². The fourth-order valence-electron chi connectivity index (χ4n) is 4.06. The summed E-state index contributed by atoms with van der Waals surface area (Å²) in [5.41, 5.74) is 1.65. The van der Waals surface area contributed by atoms with Gasteiger partial charge in [-0.3, -0.25) is 0 Å². The van der Waals surface area contributed by atoms with Gasteiger partial charge in [0.15, 0.2) is 0 Å². The van der Waals surface area contributed by atoms with E-state index in [4.69, 9.17) is 21.4 Å². The molecular weight excluding hydrogens is 338 g/mol. The first-order valence-electron chi connectivity index (χ1n) is 9.18. The highest BCUT2D eigenvalue weighted by Gasteiger charge is 2.45. The van der Waals surface area contributed by atoms with E-state index in [0.29, 0.717) is 12.6 Å². The second-order valence-corrected chi connectivity index (χ2v) is 7.73. The zero-order valence-electron chi connectivity index (χ0n) is 15.3. The van der Waals surface area contributed by atoms with Gasteiger partial charge in [0.2, 0.25) is 0 Å². The Labute approximate surface area is 156 Å². The molecule has 1 unspecified atom stereocenters. The Morgan fingerprint density at radius 1 is 1.24 bits per heavy atom. The number of carboxylic acid groups (broad SMARTS) is 1. The molecule has 1 aromatic rings. The molecule has 0 spiro atoms. The standard InChI is InChI=1S/C20H30ClNO3/c1-22(2)18(7-4-3-5-14-25-15-19(23)24)20(12-6-13-20)16-8-10-17(21)11-9-16/h8-11,18H,3-7,12-15H2,1-2H3,(H,23,24). The van der Waals surface area contributed by atoms with Crippen LogP contribution in [-0.2, 0) is 14.9 Å². The number of carbonyl (C=O) groups is 1. The highest BCUT2D eigenvalue weighted by Crippen LogP contribution is 2.49. The molecule has 1 N–H and O–H groups in total. The van der Waals surface area contributed by atoms with Gasteiger partial charge >= 0.3 is 5.97 Å². The molecule has 0 aliphatic heterocycles. The van der Waals surface area contributed by atoms with Gasteiger partial charge in [0.25, 0.3) is 0 Å². The fraction of sp³-hybridized carbons (Fsp3) is 0.650. The summed E-state index contributed by atoms with van der Waals surface area (Å²) in [5, 5.41) is 9.35. The largest absolute Gasteiger partial charge is 0.480 e. The highest BCUT2D eigenvalue weighted by atomic mass is 35.5. The maximum atomic E-state index is 10.4. The van der Waals surface area contributed by atoms with Gasteiger partial charge in [-0.15, -0.1) is 0 Å². The van der Waals surface area contributed by atoms with Gasteiger partial charge in [-0.25, -0.2) is 4.79 Å². The van der Waals surface area contributed by atoms with E-state index in [0.717, 1.165) is 30.7 Å². The van der Waals surface area contributed by atoms with Gasteiger partial charge in [-0.1, -0.05) is 43.0 Å². The molecule has 0 bridgehead atoms. The zero-order valence-corrected chi connectivity index (χ0v) is 16.1. The summed E-state index contributed by atoms with van der Waals surface area (Å²) in [7, 11) is 4.35. The van der Waals surface area contributed by atoms with E-state index < -0.39 is 5.97 Å². The van der Waals surface area contributed by atoms with Crippen molar-refractivity contribution in [1.29, 1.82) is 0 Å². The number of hydrogen-bond acceptors (Lipinski definition) is 3. The molecule has 1 saturated carbocycles. The molecule has 2 rings (SSSR count). The number of hydrogen-bond donors (Lipinski definition) is 1. The lowest BCUT2D eigenvalue weighted by atomic mass is 9.59. The first kappa shape index (κ1) is 20.2. The summed E-state index contributed by atoms with van der Waals surface area (Å²) in [6.07, 6.45) is 8.03. The van der Waals surface area contributed by atoms with Crippen molar-refractivity contribution in [2.75, 3.05) is 27.3 Å². The van der Waals surface area contributed by atoms with Crippen molar-refractivity contribution in [2.45, 2.75) is 56.4 Å². The normalized spacial score (nSPS) is 17.3. The van der Waals surface area contributed by atoms with E-state index in [9.17, 15) is 4.79 Å². The molecule has 4 nitrogen and oxygen atoms in total. The van der Waals surface area contributed by atoms with E-state index in [2.05, 4.69) is 31.1 Å². The average molecular weight is 368 g/mol. The molecule has 1 aliphatic rings. The molecule has 0 heterocycles. The number of unbranched alkanes of at least 4 members (excludes halogenated alkanes) is 2. The van der Waals surface area contributed by atoms with Gasteiger partial charge in [0, 0.05) is 23.1 Å². The van der Waals surface area contributed by atoms with Crippen LogP contribution in [0.1, 0.15) is 50.5 Å². The van der Waals surface area contributed by atoms with Crippen LogP contribution in [0.5, 0.6) is 0 Å². The Bertz CT molecular complexity index is 540. The van der Waals surface area contributed by atoms with Crippen molar-refractivity contribution >= 4 is 17.6 Å². The van der Waals surface area contributed by atoms with Crippen LogP contribution in [0.2, 0.25) is 5.02 Å². The topological polar surface area (TPSA) is 49.8 Å². The average Bonchev–Trinajstić information content (AvgIpc) is 2.52. The van der Waals surface area contributed by atoms with Crippen LogP contribution < -0.4 is 0 Å². The van der Waals surface area contributed by atoms with Crippen molar-refractivity contribution < 1.29 is 14.6 Å². The number of likely N-dealkylation sites (N-methyl/N-ethyl adjacent to an activating group) is 1. The lowest BCUT2D eigenvalue weighted by Crippen LogP contribution is -2.52. The van der Waals surface area contributed by atoms with Crippen molar-refractivity contribution in [2.24, 2.45) is 0 Å². The molecule has 0 saturated heterocycles. The van der Waals surface area contributed by atoms with E-state index in [-0.39, 0.29) is 12.0 Å². The summed E-state index contributed by atoms with van der Waals surface area (Å²) in [5.74, 6) is -0.900. The molecule has 5 heteroatoms. The highest BCUT2D eigenvalue weighted by molar-refractivity contribution is 6.30. The van der Waals surface area contributed by atoms with Gasteiger partial charge in [-0.2, -0.15) is 0 Å². The molecular formula is C20H30ClNO3. The summed E-state index contributed by atoms with van der Waals surface area (Å²) in [6.45, 7) is 0.335. The van der Waals surface area contributed by atoms with E-state index in [1.165, 1.54) is 24.8 Å². The van der Waals surface area contributed by atoms with Gasteiger partial charge in [0.05, 0.1) is 0 Å². The minimum absolute atomic E-state index is 0.194. The van der Waals surface area contributed by atoms with Crippen molar-refractivity contribution in [3.8, 4) is 0 Å². The van der Waals surface area contributed by atoms with Crippen LogP contribution in [0.4, 0.5) is 0 Å². The van der Waals surface area contributed by atoms with Crippen LogP contribution in [0.3, 0.4) is 0 Å². The minimum atomic E-state index is -0.900. The SMILES string of the molecule is CN(C)C(CCCCCOCC(=O)O)C1(c2ccc(Cl)cc2)CCC1. The molecule has 1 aromatic carbocycles. The predicted molar refractivity (Wildman–Crippen MR) is 101 cm³/mol. The number of carboxylic acids is 1. The second kappa shape index (κ2) is 9.56. The minimum Gasteiger partial charge on any atom is -0.480 e. The third kappa shape index (κ3) is 5.44. The predicted octanol–water partition coefficient (Wildman–Crippen LogP) is 4.35. The molecule has 1 fully saturated rings. The molecule has 25 heavy (non-hydrogen) atoms. The Balaban J connectivity index is 1.88. The third-order valence-corrected chi connectivity index (χ3v) is 5.67. The fourth-order valence-corrected chi connectivity index (χ4v) is 4.19. The maximum absolute atomic E-state index is 10.4. The second-order valence-electron chi connectivity index (χ2n) is 7.29. The van der Waals surface area contributed by atoms with Crippen molar-refractivity contribution in [3.63, 3.8) is 0 Å². The van der Waals surface area contributed by atoms with Crippen molar-refractivity contribution in [3.05, 3.63) is 34.9 Å². The Morgan fingerprint density at radius 2 is 1.92 bits per heavy atom. The smallest absolute Gasteiger partial charge is 0.329 e. The third-order valence-electron chi connectivity index (χ3n) is 5.42. The summed E-state index contributed by atoms with van der Waals surface area (Å²) < 4.78 is 5.11. The lowest BCUT2D eigenvalue weighted by molar-refractivity contribution is -0.142. The van der Waals surface area contributed by atoms with Crippen LogP contribution in [0.15, 0.2) is 24.3 Å². The number of halogens is 1. The van der Waals surface area contributed by atoms with Crippen LogP contribution in [0, 0.1) is 0 Å². The molecule has 0 radical (unpaired) electrons. The van der Waals surface area contributed by atoms with Crippen LogP contribution >= 0.6 is 11.6 Å². The van der Waals surface area contributed by atoms with E-state index in [1.54, 1.807) is 0 Å². The molecule has 0 aromatic heterocycles. The molecule has 1 atom stereocenters. The number of aliphatic carboxylic acids is 1. The number of nitrogens with zero attached hydrogens (tertiary/aromatic N) is 1. The first-order chi connectivity index (χ1) is 12.0. The molecule has 140 valence electrons. The van der Waals surface area contributed by atoms with Crippen LogP contribution in [0.25, 0.3) is 0 Å². The summed E-state index contributed by atoms with van der Waals surface area (Å²) in [4.78, 5) is 12.8. The Morgan fingerprint density at radius 3 is 2.44 bits per heavy atom. The zero-order chi connectivity index (χ0) is 18.3. The monoisotopic (exact) mass is 367 g/mol. The van der Waals surface area contributed by atoms with E-state index >= 15 is 0 Å². The Kier molecular flexibility index (Phi) is 7.73. The van der Waals surface area contributed by atoms with Crippen molar-refractivity contribution in [1.82, 2.24) is 4.90 Å². The maximum Gasteiger partial charge on any atom is 0.329 e. The molecule has 1 aliphatic carbocycles. The van der Waals surface area contributed by atoms with E-state index in [1.807, 2.05) is 12.1 Å². The summed E-state index contributed by atoms with van der Waals surface area (Å²) >= 11 is 6.07. The van der Waals surface area contributed by atoms with Gasteiger partial charge in [0.1, 0.15) is 6.61 Å². The summed E-state index contributed by atoms with van der Waals surface area (Å²) in [6, 6.07) is 8.91. The lowest BCUT2D eigenvalue weighted by Gasteiger charge is -2.51. The van der Waals surface area contributed by atoms with Gasteiger partial charge < -0.3 is 14.7 Å². The number of ether oxygens (including phenoxy) is 1. The number of rotatable bonds is 11. The first-order valence-corrected chi connectivity index (χ1v) is 9.55.